The molecule has 0 radical (unpaired) electrons. The summed E-state index contributed by atoms with van der Waals surface area (Å²) in [5.74, 6) is -2.13. The average molecular weight is 252 g/mol. The number of amides is 1. The number of carbonyl (C=O) groups is 1. The van der Waals surface area contributed by atoms with Crippen LogP contribution in [0.5, 0.6) is 0 Å². The van der Waals surface area contributed by atoms with Gasteiger partial charge in [0.15, 0.2) is 11.6 Å². The lowest BCUT2D eigenvalue weighted by atomic mass is 10.1. The molecule has 0 heterocycles. The number of nitrogens with zero attached hydrogens (tertiary/aromatic N) is 2. The zero-order valence-electron chi connectivity index (χ0n) is 10.3. The predicted molar refractivity (Wildman–Crippen MR) is 62.5 cm³/mol. The summed E-state index contributed by atoms with van der Waals surface area (Å²) in [5, 5.41) is 8.54. The van der Waals surface area contributed by atoms with Crippen molar-refractivity contribution in [3.05, 3.63) is 35.4 Å². The van der Waals surface area contributed by atoms with Gasteiger partial charge in [-0.1, -0.05) is 6.07 Å². The highest BCUT2D eigenvalue weighted by Crippen LogP contribution is 2.11. The Bertz CT molecular complexity index is 482. The van der Waals surface area contributed by atoms with E-state index in [9.17, 15) is 13.6 Å². The molecule has 5 heteroatoms. The van der Waals surface area contributed by atoms with Crippen molar-refractivity contribution in [3.63, 3.8) is 0 Å². The first-order valence-corrected chi connectivity index (χ1v) is 5.52. The Kier molecular flexibility index (Phi) is 4.78. The van der Waals surface area contributed by atoms with E-state index in [0.29, 0.717) is 5.56 Å². The lowest BCUT2D eigenvalue weighted by Gasteiger charge is -2.23. The van der Waals surface area contributed by atoms with Crippen LogP contribution >= 0.6 is 0 Å². The Balaban J connectivity index is 2.70. The predicted octanol–water partition coefficient (Wildman–Crippen LogP) is 2.27. The Morgan fingerprint density at radius 3 is 2.67 bits per heavy atom. The van der Waals surface area contributed by atoms with Crippen molar-refractivity contribution in [1.82, 2.24) is 4.90 Å². The average Bonchev–Trinajstić information content (AvgIpc) is 2.33. The molecule has 1 unspecified atom stereocenters. The van der Waals surface area contributed by atoms with E-state index in [1.165, 1.54) is 11.0 Å². The lowest BCUT2D eigenvalue weighted by molar-refractivity contribution is -0.130. The third-order valence-electron chi connectivity index (χ3n) is 2.78. The molecule has 1 rings (SSSR count). The summed E-state index contributed by atoms with van der Waals surface area (Å²) >= 11 is 0. The van der Waals surface area contributed by atoms with Gasteiger partial charge in [-0.15, -0.1) is 0 Å². The van der Waals surface area contributed by atoms with Gasteiger partial charge < -0.3 is 4.90 Å². The van der Waals surface area contributed by atoms with E-state index in [2.05, 4.69) is 0 Å². The Morgan fingerprint density at radius 2 is 2.11 bits per heavy atom. The number of hydrogen-bond acceptors (Lipinski definition) is 2. The second-order valence-electron chi connectivity index (χ2n) is 4.14. The Hall–Kier alpha value is -1.96. The standard InChI is InChI=1S/C13H14F2N2O/c1-9(5-6-16)17(2)13(18)8-10-3-4-11(14)12(15)7-10/h3-4,7,9H,5,8H2,1-2H3. The van der Waals surface area contributed by atoms with E-state index in [0.717, 1.165) is 12.1 Å². The molecule has 3 nitrogen and oxygen atoms in total. The maximum absolute atomic E-state index is 13.0. The molecule has 0 saturated carbocycles. The fraction of sp³-hybridized carbons (Fsp3) is 0.385. The van der Waals surface area contributed by atoms with Crippen molar-refractivity contribution in [2.75, 3.05) is 7.05 Å². The minimum absolute atomic E-state index is 0.0104. The van der Waals surface area contributed by atoms with Crippen LogP contribution in [0.2, 0.25) is 0 Å². The molecular formula is C13H14F2N2O. The maximum Gasteiger partial charge on any atom is 0.227 e. The smallest absolute Gasteiger partial charge is 0.227 e. The third-order valence-corrected chi connectivity index (χ3v) is 2.78. The molecule has 1 atom stereocenters. The summed E-state index contributed by atoms with van der Waals surface area (Å²) in [6, 6.07) is 5.16. The summed E-state index contributed by atoms with van der Waals surface area (Å²) in [4.78, 5) is 13.3. The number of hydrogen-bond donors (Lipinski definition) is 0. The summed E-state index contributed by atoms with van der Waals surface area (Å²) in [7, 11) is 1.59. The quantitative estimate of drug-likeness (QED) is 0.825. The van der Waals surface area contributed by atoms with Crippen molar-refractivity contribution in [2.24, 2.45) is 0 Å². The van der Waals surface area contributed by atoms with Crippen LogP contribution < -0.4 is 0 Å². The van der Waals surface area contributed by atoms with Gasteiger partial charge in [0.1, 0.15) is 0 Å². The van der Waals surface area contributed by atoms with Gasteiger partial charge in [-0.25, -0.2) is 8.78 Å². The van der Waals surface area contributed by atoms with Gasteiger partial charge in [0.25, 0.3) is 0 Å². The molecule has 0 N–H and O–H groups in total. The molecule has 0 saturated heterocycles. The molecule has 0 aliphatic rings. The lowest BCUT2D eigenvalue weighted by Crippen LogP contribution is -2.35. The van der Waals surface area contributed by atoms with Crippen LogP contribution in [0.1, 0.15) is 18.9 Å². The Morgan fingerprint density at radius 1 is 1.44 bits per heavy atom. The van der Waals surface area contributed by atoms with Crippen LogP contribution in [-0.4, -0.2) is 23.9 Å². The number of benzene rings is 1. The highest BCUT2D eigenvalue weighted by Gasteiger charge is 2.16. The van der Waals surface area contributed by atoms with Crippen LogP contribution in [0.25, 0.3) is 0 Å². The summed E-state index contributed by atoms with van der Waals surface area (Å²) in [6.07, 6.45) is 0.226. The van der Waals surface area contributed by atoms with E-state index in [1.807, 2.05) is 6.07 Å². The van der Waals surface area contributed by atoms with Crippen molar-refractivity contribution >= 4 is 5.91 Å². The van der Waals surface area contributed by atoms with Crippen molar-refractivity contribution in [2.45, 2.75) is 25.8 Å². The van der Waals surface area contributed by atoms with Gasteiger partial charge in [-0.05, 0) is 24.6 Å². The first kappa shape index (κ1) is 14.1. The van der Waals surface area contributed by atoms with Crippen molar-refractivity contribution < 1.29 is 13.6 Å². The fourth-order valence-electron chi connectivity index (χ4n) is 1.46. The first-order chi connectivity index (χ1) is 8.45. The van der Waals surface area contributed by atoms with E-state index < -0.39 is 11.6 Å². The fourth-order valence-corrected chi connectivity index (χ4v) is 1.46. The molecule has 0 aliphatic carbocycles. The Labute approximate surface area is 105 Å². The van der Waals surface area contributed by atoms with Crippen molar-refractivity contribution in [1.29, 1.82) is 5.26 Å². The largest absolute Gasteiger partial charge is 0.342 e. The summed E-state index contributed by atoms with van der Waals surface area (Å²) < 4.78 is 25.7. The van der Waals surface area contributed by atoms with Gasteiger partial charge in [-0.2, -0.15) is 5.26 Å². The van der Waals surface area contributed by atoms with Gasteiger partial charge >= 0.3 is 0 Å². The van der Waals surface area contributed by atoms with Crippen LogP contribution in [0.4, 0.5) is 8.78 Å². The molecule has 96 valence electrons. The zero-order chi connectivity index (χ0) is 13.7. The number of rotatable bonds is 4. The topological polar surface area (TPSA) is 44.1 Å². The molecule has 0 spiro atoms. The maximum atomic E-state index is 13.0. The van der Waals surface area contributed by atoms with Crippen LogP contribution in [0, 0.1) is 23.0 Å². The van der Waals surface area contributed by atoms with E-state index in [1.54, 1.807) is 14.0 Å². The molecule has 18 heavy (non-hydrogen) atoms. The third kappa shape index (κ3) is 3.52. The minimum atomic E-state index is -0.965. The van der Waals surface area contributed by atoms with Crippen molar-refractivity contribution in [3.8, 4) is 6.07 Å². The van der Waals surface area contributed by atoms with Crippen LogP contribution in [-0.2, 0) is 11.2 Å². The van der Waals surface area contributed by atoms with Crippen LogP contribution in [0.15, 0.2) is 18.2 Å². The minimum Gasteiger partial charge on any atom is -0.342 e. The second-order valence-corrected chi connectivity index (χ2v) is 4.14. The molecule has 1 aromatic carbocycles. The van der Waals surface area contributed by atoms with Crippen LogP contribution in [0.3, 0.4) is 0 Å². The van der Waals surface area contributed by atoms with Gasteiger partial charge in [-0.3, -0.25) is 4.79 Å². The van der Waals surface area contributed by atoms with Gasteiger partial charge in [0.05, 0.1) is 18.9 Å². The molecule has 0 aliphatic heterocycles. The molecule has 0 aromatic heterocycles. The molecule has 0 bridgehead atoms. The highest BCUT2D eigenvalue weighted by atomic mass is 19.2. The summed E-state index contributed by atoms with van der Waals surface area (Å²) in [5.41, 5.74) is 0.412. The molecular weight excluding hydrogens is 238 g/mol. The molecule has 1 aromatic rings. The van der Waals surface area contributed by atoms with Gasteiger partial charge in [0.2, 0.25) is 5.91 Å². The summed E-state index contributed by atoms with van der Waals surface area (Å²) in [6.45, 7) is 1.76. The monoisotopic (exact) mass is 252 g/mol. The van der Waals surface area contributed by atoms with Gasteiger partial charge in [0, 0.05) is 13.1 Å². The normalized spacial score (nSPS) is 11.7. The number of halogens is 2. The SMILES string of the molecule is CC(CC#N)N(C)C(=O)Cc1ccc(F)c(F)c1. The highest BCUT2D eigenvalue weighted by molar-refractivity contribution is 5.78. The first-order valence-electron chi connectivity index (χ1n) is 5.52. The number of carbonyl (C=O) groups excluding carboxylic acids is 1. The molecule has 0 fully saturated rings. The number of likely N-dealkylation sites (N-methyl/N-ethyl adjacent to an activating group) is 1. The van der Waals surface area contributed by atoms with E-state index in [4.69, 9.17) is 5.26 Å². The van der Waals surface area contributed by atoms with E-state index in [-0.39, 0.29) is 24.8 Å². The molecule has 1 amide bonds. The zero-order valence-corrected chi connectivity index (χ0v) is 10.3. The van der Waals surface area contributed by atoms with E-state index >= 15 is 0 Å². The second kappa shape index (κ2) is 6.10. The number of nitriles is 1.